The van der Waals surface area contributed by atoms with Crippen LogP contribution in [0, 0.1) is 0 Å². The Kier molecular flexibility index (Phi) is 2.87. The number of carbonyl (C=O) groups excluding carboxylic acids is 1. The summed E-state index contributed by atoms with van der Waals surface area (Å²) in [6.45, 7) is 0. The van der Waals surface area contributed by atoms with E-state index in [1.165, 1.54) is 0 Å². The van der Waals surface area contributed by atoms with Gasteiger partial charge in [-0.15, -0.1) is 0 Å². The van der Waals surface area contributed by atoms with Crippen molar-refractivity contribution in [3.8, 4) is 0 Å². The van der Waals surface area contributed by atoms with Crippen molar-refractivity contribution in [1.82, 2.24) is 0 Å². The Morgan fingerprint density at radius 3 is 3.00 bits per heavy atom. The normalized spacial score (nSPS) is 21.8. The first-order chi connectivity index (χ1) is 6.75. The van der Waals surface area contributed by atoms with E-state index in [0.717, 1.165) is 22.9 Å². The third-order valence-corrected chi connectivity index (χ3v) is 2.83. The lowest BCUT2D eigenvalue weighted by Crippen LogP contribution is -2.16. The van der Waals surface area contributed by atoms with Gasteiger partial charge in [-0.2, -0.15) is 0 Å². The lowest BCUT2D eigenvalue weighted by atomic mass is 10.0. The molecule has 74 valence electrons. The second kappa shape index (κ2) is 4.13. The Morgan fingerprint density at radius 2 is 2.29 bits per heavy atom. The Bertz CT molecular complexity index is 349. The van der Waals surface area contributed by atoms with Crippen LogP contribution < -0.4 is 0 Å². The molecule has 1 atom stereocenters. The molecule has 0 spiro atoms. The Balaban J connectivity index is 2.17. The predicted octanol–water partition coefficient (Wildman–Crippen LogP) is 3.22. The van der Waals surface area contributed by atoms with Crippen LogP contribution in [0.5, 0.6) is 0 Å². The topological polar surface area (TPSA) is 26.3 Å². The number of ether oxygens (including phenoxy) is 1. The molecule has 1 aromatic rings. The summed E-state index contributed by atoms with van der Waals surface area (Å²) in [5.41, 5.74) is 1.08. The van der Waals surface area contributed by atoms with Crippen LogP contribution in [-0.2, 0) is 9.53 Å². The number of halogens is 1. The minimum absolute atomic E-state index is 0.0475. The van der Waals surface area contributed by atoms with Gasteiger partial charge >= 0.3 is 5.97 Å². The van der Waals surface area contributed by atoms with Gasteiger partial charge in [-0.3, -0.25) is 4.79 Å². The third kappa shape index (κ3) is 2.15. The van der Waals surface area contributed by atoms with Gasteiger partial charge in [0.1, 0.15) is 6.10 Å². The van der Waals surface area contributed by atoms with Gasteiger partial charge in [0.05, 0.1) is 0 Å². The van der Waals surface area contributed by atoms with Gasteiger partial charge in [-0.05, 0) is 30.5 Å². The van der Waals surface area contributed by atoms with Crippen molar-refractivity contribution in [3.05, 3.63) is 34.3 Å². The summed E-state index contributed by atoms with van der Waals surface area (Å²) in [5, 5.41) is 0. The number of rotatable bonds is 1. The predicted molar refractivity (Wildman–Crippen MR) is 56.8 cm³/mol. The van der Waals surface area contributed by atoms with Crippen molar-refractivity contribution < 1.29 is 9.53 Å². The van der Waals surface area contributed by atoms with Crippen LogP contribution in [0.15, 0.2) is 28.7 Å². The molecular formula is C11H11BrO2. The smallest absolute Gasteiger partial charge is 0.306 e. The van der Waals surface area contributed by atoms with E-state index in [9.17, 15) is 4.79 Å². The Hall–Kier alpha value is -0.830. The second-order valence-electron chi connectivity index (χ2n) is 3.43. The molecule has 1 aliphatic heterocycles. The quantitative estimate of drug-likeness (QED) is 0.720. The standard InChI is InChI=1S/C11H11BrO2/c12-9-4-1-3-8(7-9)10-5-2-6-11(13)14-10/h1,3-4,7,10H,2,5-6H2/t10-/m1/s1. The molecule has 1 aromatic carbocycles. The molecule has 1 heterocycles. The summed E-state index contributed by atoms with van der Waals surface area (Å²) in [4.78, 5) is 11.1. The van der Waals surface area contributed by atoms with Gasteiger partial charge in [0.2, 0.25) is 0 Å². The summed E-state index contributed by atoms with van der Waals surface area (Å²) in [6.07, 6.45) is 2.37. The molecule has 0 N–H and O–H groups in total. The fraction of sp³-hybridized carbons (Fsp3) is 0.364. The molecule has 0 aromatic heterocycles. The molecular weight excluding hydrogens is 244 g/mol. The summed E-state index contributed by atoms with van der Waals surface area (Å²) in [5.74, 6) is -0.0822. The van der Waals surface area contributed by atoms with Crippen LogP contribution in [0.25, 0.3) is 0 Å². The molecule has 0 amide bonds. The Morgan fingerprint density at radius 1 is 1.43 bits per heavy atom. The highest BCUT2D eigenvalue weighted by atomic mass is 79.9. The zero-order valence-corrected chi connectivity index (χ0v) is 9.29. The highest BCUT2D eigenvalue weighted by Gasteiger charge is 2.21. The molecule has 2 rings (SSSR count). The van der Waals surface area contributed by atoms with Gasteiger partial charge in [0.25, 0.3) is 0 Å². The molecule has 0 aliphatic carbocycles. The maximum Gasteiger partial charge on any atom is 0.306 e. The average Bonchev–Trinajstić information content (AvgIpc) is 2.18. The van der Waals surface area contributed by atoms with Gasteiger partial charge in [0, 0.05) is 10.9 Å². The lowest BCUT2D eigenvalue weighted by molar-refractivity contribution is -0.154. The summed E-state index contributed by atoms with van der Waals surface area (Å²) < 4.78 is 6.29. The minimum Gasteiger partial charge on any atom is -0.457 e. The number of benzene rings is 1. The minimum atomic E-state index is -0.0822. The van der Waals surface area contributed by atoms with Crippen LogP contribution in [0.4, 0.5) is 0 Å². The van der Waals surface area contributed by atoms with Gasteiger partial charge < -0.3 is 4.74 Å². The number of carbonyl (C=O) groups is 1. The van der Waals surface area contributed by atoms with E-state index in [4.69, 9.17) is 4.74 Å². The average molecular weight is 255 g/mol. The zero-order chi connectivity index (χ0) is 9.97. The van der Waals surface area contributed by atoms with E-state index >= 15 is 0 Å². The zero-order valence-electron chi connectivity index (χ0n) is 7.70. The Labute approximate surface area is 91.4 Å². The number of hydrogen-bond acceptors (Lipinski definition) is 2. The summed E-state index contributed by atoms with van der Waals surface area (Å²) in [7, 11) is 0. The fourth-order valence-corrected chi connectivity index (χ4v) is 2.07. The van der Waals surface area contributed by atoms with E-state index < -0.39 is 0 Å². The molecule has 1 fully saturated rings. The van der Waals surface area contributed by atoms with Crippen molar-refractivity contribution in [3.63, 3.8) is 0 Å². The first kappa shape index (κ1) is 9.71. The number of esters is 1. The maximum absolute atomic E-state index is 11.1. The molecule has 14 heavy (non-hydrogen) atoms. The van der Waals surface area contributed by atoms with Crippen LogP contribution >= 0.6 is 15.9 Å². The van der Waals surface area contributed by atoms with E-state index in [2.05, 4.69) is 15.9 Å². The van der Waals surface area contributed by atoms with Crippen molar-refractivity contribution >= 4 is 21.9 Å². The van der Waals surface area contributed by atoms with Crippen molar-refractivity contribution in [2.45, 2.75) is 25.4 Å². The monoisotopic (exact) mass is 254 g/mol. The molecule has 0 radical (unpaired) electrons. The third-order valence-electron chi connectivity index (χ3n) is 2.34. The highest BCUT2D eigenvalue weighted by molar-refractivity contribution is 9.10. The first-order valence-electron chi connectivity index (χ1n) is 4.70. The van der Waals surface area contributed by atoms with E-state index in [-0.39, 0.29) is 12.1 Å². The van der Waals surface area contributed by atoms with Crippen LogP contribution in [-0.4, -0.2) is 5.97 Å². The molecule has 1 saturated heterocycles. The SMILES string of the molecule is O=C1CCC[C@H](c2cccc(Br)c2)O1. The number of hydrogen-bond donors (Lipinski definition) is 0. The van der Waals surface area contributed by atoms with E-state index in [1.807, 2.05) is 24.3 Å². The van der Waals surface area contributed by atoms with Crippen LogP contribution in [0.3, 0.4) is 0 Å². The van der Waals surface area contributed by atoms with E-state index in [1.54, 1.807) is 0 Å². The lowest BCUT2D eigenvalue weighted by Gasteiger charge is -2.22. The van der Waals surface area contributed by atoms with Gasteiger partial charge in [-0.1, -0.05) is 28.1 Å². The van der Waals surface area contributed by atoms with Crippen molar-refractivity contribution in [2.24, 2.45) is 0 Å². The summed E-state index contributed by atoms with van der Waals surface area (Å²) in [6, 6.07) is 7.92. The van der Waals surface area contributed by atoms with Crippen LogP contribution in [0.1, 0.15) is 30.9 Å². The molecule has 0 saturated carbocycles. The summed E-state index contributed by atoms with van der Waals surface area (Å²) >= 11 is 3.40. The van der Waals surface area contributed by atoms with Gasteiger partial charge in [-0.25, -0.2) is 0 Å². The maximum atomic E-state index is 11.1. The van der Waals surface area contributed by atoms with Crippen molar-refractivity contribution in [1.29, 1.82) is 0 Å². The number of cyclic esters (lactones) is 1. The molecule has 1 aliphatic rings. The fourth-order valence-electron chi connectivity index (χ4n) is 1.65. The van der Waals surface area contributed by atoms with Gasteiger partial charge in [0.15, 0.2) is 0 Å². The van der Waals surface area contributed by atoms with E-state index in [0.29, 0.717) is 6.42 Å². The molecule has 2 nitrogen and oxygen atoms in total. The highest BCUT2D eigenvalue weighted by Crippen LogP contribution is 2.29. The van der Waals surface area contributed by atoms with Crippen molar-refractivity contribution in [2.75, 3.05) is 0 Å². The molecule has 3 heteroatoms. The second-order valence-corrected chi connectivity index (χ2v) is 4.34. The van der Waals surface area contributed by atoms with Crippen LogP contribution in [0.2, 0.25) is 0 Å². The largest absolute Gasteiger partial charge is 0.457 e. The first-order valence-corrected chi connectivity index (χ1v) is 5.50. The molecule has 0 unspecified atom stereocenters. The molecule has 0 bridgehead atoms.